The monoisotopic (exact) mass is 396 g/mol. The topological polar surface area (TPSA) is 35.5 Å². The zero-order valence-corrected chi connectivity index (χ0v) is 15.1. The normalized spacial score (nSPS) is 20.2. The van der Waals surface area contributed by atoms with E-state index in [1.54, 1.807) is 6.07 Å². The van der Waals surface area contributed by atoms with Gasteiger partial charge in [0.2, 0.25) is 0 Å². The first-order chi connectivity index (χ1) is 9.24. The van der Waals surface area contributed by atoms with Gasteiger partial charge in [-0.3, -0.25) is 4.90 Å². The molecular formula is C15H23BrCl2N2O. The maximum Gasteiger partial charge on any atom is 0.115 e. The molecule has 6 heteroatoms. The molecule has 1 saturated heterocycles. The summed E-state index contributed by atoms with van der Waals surface area (Å²) in [5.74, 6) is 1.25. The van der Waals surface area contributed by atoms with E-state index in [0.717, 1.165) is 36.6 Å². The maximum atomic E-state index is 9.78. The van der Waals surface area contributed by atoms with E-state index in [-0.39, 0.29) is 24.8 Å². The maximum absolute atomic E-state index is 9.78. The number of phenolic OH excluding ortho intramolecular Hbond substituents is 1. The summed E-state index contributed by atoms with van der Waals surface area (Å²) in [4.78, 5) is 2.56. The number of benzene rings is 1. The fourth-order valence-electron chi connectivity index (χ4n) is 2.92. The minimum absolute atomic E-state index is 0. The van der Waals surface area contributed by atoms with E-state index in [1.807, 2.05) is 12.1 Å². The highest BCUT2D eigenvalue weighted by Gasteiger charge is 2.31. The Morgan fingerprint density at radius 2 is 1.90 bits per heavy atom. The molecule has 2 fully saturated rings. The van der Waals surface area contributed by atoms with Gasteiger partial charge in [-0.15, -0.1) is 24.8 Å². The summed E-state index contributed by atoms with van der Waals surface area (Å²) in [6.07, 6.45) is 3.97. The van der Waals surface area contributed by atoms with Crippen LogP contribution in [0.1, 0.15) is 30.9 Å². The first kappa shape index (κ1) is 19.0. The van der Waals surface area contributed by atoms with Crippen LogP contribution in [0.25, 0.3) is 0 Å². The number of rotatable bonds is 4. The van der Waals surface area contributed by atoms with Crippen LogP contribution in [0.15, 0.2) is 22.7 Å². The standard InChI is InChI=1S/C15H21BrN2O.2ClH/c16-14-4-3-12(19)10-13(14)15(9-11-1-2-11)18-7-5-17-6-8-18;;/h3-4,10-11,15,17,19H,1-2,5-9H2;2*1H/t15-;;/m0../s1. The van der Waals surface area contributed by atoms with Gasteiger partial charge in [0, 0.05) is 36.7 Å². The van der Waals surface area contributed by atoms with Crippen LogP contribution in [-0.4, -0.2) is 36.2 Å². The van der Waals surface area contributed by atoms with Crippen molar-refractivity contribution in [1.82, 2.24) is 10.2 Å². The summed E-state index contributed by atoms with van der Waals surface area (Å²) in [5, 5.41) is 13.2. The predicted octanol–water partition coefficient (Wildman–Crippen LogP) is 3.74. The number of hydrogen-bond donors (Lipinski definition) is 2. The highest BCUT2D eigenvalue weighted by atomic mass is 79.9. The first-order valence-corrected chi connectivity index (χ1v) is 7.96. The van der Waals surface area contributed by atoms with Crippen molar-refractivity contribution in [2.24, 2.45) is 5.92 Å². The van der Waals surface area contributed by atoms with Gasteiger partial charge in [0.15, 0.2) is 0 Å². The average Bonchev–Trinajstić information content (AvgIpc) is 3.24. The van der Waals surface area contributed by atoms with Crippen LogP contribution in [-0.2, 0) is 0 Å². The Labute approximate surface area is 147 Å². The van der Waals surface area contributed by atoms with Gasteiger partial charge in [-0.25, -0.2) is 0 Å². The Balaban J connectivity index is 0.00000110. The Morgan fingerprint density at radius 3 is 2.52 bits per heavy atom. The molecule has 3 nitrogen and oxygen atoms in total. The molecule has 2 N–H and O–H groups in total. The molecule has 2 aliphatic rings. The molecule has 1 atom stereocenters. The van der Waals surface area contributed by atoms with Gasteiger partial charge in [-0.05, 0) is 36.1 Å². The summed E-state index contributed by atoms with van der Waals surface area (Å²) in [6.45, 7) is 4.33. The molecule has 120 valence electrons. The fourth-order valence-corrected chi connectivity index (χ4v) is 3.43. The van der Waals surface area contributed by atoms with Crippen LogP contribution in [0.3, 0.4) is 0 Å². The minimum Gasteiger partial charge on any atom is -0.508 e. The van der Waals surface area contributed by atoms with E-state index in [9.17, 15) is 5.11 Å². The van der Waals surface area contributed by atoms with Crippen molar-refractivity contribution in [3.63, 3.8) is 0 Å². The lowest BCUT2D eigenvalue weighted by Crippen LogP contribution is -2.45. The van der Waals surface area contributed by atoms with E-state index in [4.69, 9.17) is 0 Å². The Morgan fingerprint density at radius 1 is 1.24 bits per heavy atom. The van der Waals surface area contributed by atoms with Crippen LogP contribution in [0.5, 0.6) is 5.75 Å². The van der Waals surface area contributed by atoms with Crippen molar-refractivity contribution in [1.29, 1.82) is 0 Å². The molecule has 1 aromatic carbocycles. The number of piperazine rings is 1. The molecule has 1 heterocycles. The molecule has 3 rings (SSSR count). The molecule has 0 aromatic heterocycles. The molecule has 1 aromatic rings. The first-order valence-electron chi connectivity index (χ1n) is 7.17. The van der Waals surface area contributed by atoms with E-state index in [0.29, 0.717) is 11.8 Å². The number of halogens is 3. The van der Waals surface area contributed by atoms with Gasteiger partial charge in [-0.2, -0.15) is 0 Å². The van der Waals surface area contributed by atoms with E-state index >= 15 is 0 Å². The van der Waals surface area contributed by atoms with Gasteiger partial charge in [0.25, 0.3) is 0 Å². The zero-order chi connectivity index (χ0) is 13.2. The molecular weight excluding hydrogens is 375 g/mol. The second-order valence-electron chi connectivity index (χ2n) is 5.69. The Hall–Kier alpha value is -0.000000000000000111. The lowest BCUT2D eigenvalue weighted by molar-refractivity contribution is 0.160. The van der Waals surface area contributed by atoms with E-state index in [1.165, 1.54) is 24.8 Å². The second kappa shape index (κ2) is 8.59. The highest BCUT2D eigenvalue weighted by molar-refractivity contribution is 9.10. The van der Waals surface area contributed by atoms with Crippen LogP contribution in [0.4, 0.5) is 0 Å². The van der Waals surface area contributed by atoms with Crippen LogP contribution in [0, 0.1) is 5.92 Å². The zero-order valence-electron chi connectivity index (χ0n) is 11.9. The number of aromatic hydroxyl groups is 1. The van der Waals surface area contributed by atoms with Crippen molar-refractivity contribution < 1.29 is 5.11 Å². The molecule has 1 aliphatic heterocycles. The largest absolute Gasteiger partial charge is 0.508 e. The molecule has 1 saturated carbocycles. The molecule has 21 heavy (non-hydrogen) atoms. The lowest BCUT2D eigenvalue weighted by Gasteiger charge is -2.36. The summed E-state index contributed by atoms with van der Waals surface area (Å²) in [7, 11) is 0. The molecule has 1 aliphatic carbocycles. The number of hydrogen-bond acceptors (Lipinski definition) is 3. The van der Waals surface area contributed by atoms with Crippen molar-refractivity contribution in [3.05, 3.63) is 28.2 Å². The number of nitrogens with zero attached hydrogens (tertiary/aromatic N) is 1. The highest BCUT2D eigenvalue weighted by Crippen LogP contribution is 2.42. The third-order valence-electron chi connectivity index (χ3n) is 4.18. The summed E-state index contributed by atoms with van der Waals surface area (Å²) < 4.78 is 1.12. The Bertz CT molecular complexity index is 451. The van der Waals surface area contributed by atoms with Gasteiger partial charge in [0.05, 0.1) is 0 Å². The summed E-state index contributed by atoms with van der Waals surface area (Å²) >= 11 is 3.65. The third-order valence-corrected chi connectivity index (χ3v) is 4.91. The van der Waals surface area contributed by atoms with Crippen LogP contribution < -0.4 is 5.32 Å². The molecule has 0 amide bonds. The van der Waals surface area contributed by atoms with Crippen LogP contribution in [0.2, 0.25) is 0 Å². The second-order valence-corrected chi connectivity index (χ2v) is 6.54. The number of nitrogens with one attached hydrogen (secondary N) is 1. The average molecular weight is 398 g/mol. The van der Waals surface area contributed by atoms with Crippen molar-refractivity contribution >= 4 is 40.7 Å². The third kappa shape index (κ3) is 5.00. The van der Waals surface area contributed by atoms with Crippen molar-refractivity contribution in [2.45, 2.75) is 25.3 Å². The fraction of sp³-hybridized carbons (Fsp3) is 0.600. The van der Waals surface area contributed by atoms with Gasteiger partial charge < -0.3 is 10.4 Å². The van der Waals surface area contributed by atoms with Crippen molar-refractivity contribution in [2.75, 3.05) is 26.2 Å². The molecule has 0 spiro atoms. The predicted molar refractivity (Wildman–Crippen MR) is 94.8 cm³/mol. The summed E-state index contributed by atoms with van der Waals surface area (Å²) in [5.41, 5.74) is 1.24. The van der Waals surface area contributed by atoms with E-state index in [2.05, 4.69) is 26.1 Å². The smallest absolute Gasteiger partial charge is 0.115 e. The van der Waals surface area contributed by atoms with Crippen molar-refractivity contribution in [3.8, 4) is 5.75 Å². The molecule has 0 bridgehead atoms. The molecule has 0 radical (unpaired) electrons. The van der Waals surface area contributed by atoms with Gasteiger partial charge >= 0.3 is 0 Å². The quantitative estimate of drug-likeness (QED) is 0.812. The van der Waals surface area contributed by atoms with E-state index < -0.39 is 0 Å². The SMILES string of the molecule is Cl.Cl.Oc1ccc(Br)c([C@H](CC2CC2)N2CCNCC2)c1. The summed E-state index contributed by atoms with van der Waals surface area (Å²) in [6, 6.07) is 6.09. The molecule has 0 unspecified atom stereocenters. The minimum atomic E-state index is 0. The van der Waals surface area contributed by atoms with Crippen LogP contribution >= 0.6 is 40.7 Å². The number of phenols is 1. The lowest BCUT2D eigenvalue weighted by atomic mass is 9.98. The Kier molecular flexibility index (Phi) is 7.79. The van der Waals surface area contributed by atoms with Gasteiger partial charge in [0.1, 0.15) is 5.75 Å². The van der Waals surface area contributed by atoms with Gasteiger partial charge in [-0.1, -0.05) is 28.8 Å².